The average Bonchev–Trinajstić information content (AvgIpc) is 2.47. The van der Waals surface area contributed by atoms with Crippen molar-refractivity contribution in [3.8, 4) is 0 Å². The number of rotatable bonds is 6. The van der Waals surface area contributed by atoms with Crippen molar-refractivity contribution in [1.29, 1.82) is 0 Å². The lowest BCUT2D eigenvalue weighted by Gasteiger charge is -2.20. The molecule has 4 heteroatoms. The first-order valence-electron chi connectivity index (χ1n) is 7.05. The fourth-order valence-corrected chi connectivity index (χ4v) is 2.46. The molecular formula is C18H21ClFNO. The van der Waals surface area contributed by atoms with Crippen molar-refractivity contribution in [2.45, 2.75) is 6.42 Å². The summed E-state index contributed by atoms with van der Waals surface area (Å²) in [6.45, 7) is 0.599. The third-order valence-electron chi connectivity index (χ3n) is 3.42. The zero-order chi connectivity index (χ0) is 15.2. The van der Waals surface area contributed by atoms with Crippen LogP contribution >= 0.6 is 12.4 Å². The number of carbonyl (C=O) groups is 1. The Labute approximate surface area is 137 Å². The van der Waals surface area contributed by atoms with E-state index in [1.54, 1.807) is 18.2 Å². The van der Waals surface area contributed by atoms with Crippen LogP contribution in [0.1, 0.15) is 15.9 Å². The molecule has 0 bridgehead atoms. The van der Waals surface area contributed by atoms with Gasteiger partial charge in [-0.15, -0.1) is 12.4 Å². The summed E-state index contributed by atoms with van der Waals surface area (Å²) >= 11 is 0. The molecule has 0 aliphatic rings. The number of halogens is 2. The van der Waals surface area contributed by atoms with Gasteiger partial charge in [-0.2, -0.15) is 0 Å². The number of benzene rings is 2. The Morgan fingerprint density at radius 2 is 1.64 bits per heavy atom. The van der Waals surface area contributed by atoms with E-state index in [0.717, 1.165) is 5.56 Å². The van der Waals surface area contributed by atoms with E-state index in [0.29, 0.717) is 13.0 Å². The molecule has 2 aromatic rings. The number of carbonyl (C=O) groups excluding carboxylic acids is 1. The fraction of sp³-hybridized carbons (Fsp3) is 0.278. The minimum Gasteiger partial charge on any atom is -0.309 e. The van der Waals surface area contributed by atoms with Gasteiger partial charge in [-0.1, -0.05) is 42.5 Å². The molecule has 0 fully saturated rings. The molecule has 2 aromatic carbocycles. The maximum absolute atomic E-state index is 13.8. The van der Waals surface area contributed by atoms with Gasteiger partial charge in [-0.3, -0.25) is 4.79 Å². The molecule has 0 saturated carbocycles. The molecule has 0 aliphatic heterocycles. The second kappa shape index (κ2) is 8.66. The molecule has 0 unspecified atom stereocenters. The Morgan fingerprint density at radius 1 is 1.05 bits per heavy atom. The van der Waals surface area contributed by atoms with Gasteiger partial charge in [0.2, 0.25) is 0 Å². The molecule has 0 aliphatic carbocycles. The van der Waals surface area contributed by atoms with Crippen molar-refractivity contribution in [2.75, 3.05) is 20.6 Å². The number of ketones is 1. The average molecular weight is 322 g/mol. The largest absolute Gasteiger partial charge is 0.309 e. The van der Waals surface area contributed by atoms with E-state index in [9.17, 15) is 9.18 Å². The number of hydrogen-bond acceptors (Lipinski definition) is 2. The third-order valence-corrected chi connectivity index (χ3v) is 3.42. The zero-order valence-corrected chi connectivity index (χ0v) is 13.6. The van der Waals surface area contributed by atoms with E-state index in [-0.39, 0.29) is 29.7 Å². The van der Waals surface area contributed by atoms with E-state index in [4.69, 9.17) is 0 Å². The minimum atomic E-state index is -0.445. The van der Waals surface area contributed by atoms with Crippen molar-refractivity contribution in [3.05, 3.63) is 71.5 Å². The highest BCUT2D eigenvalue weighted by Gasteiger charge is 2.23. The molecule has 0 N–H and O–H groups in total. The Bertz CT molecular complexity index is 601. The second-order valence-electron chi connectivity index (χ2n) is 5.49. The van der Waals surface area contributed by atoms with Gasteiger partial charge in [-0.25, -0.2) is 4.39 Å². The first-order chi connectivity index (χ1) is 10.1. The van der Waals surface area contributed by atoms with Crippen LogP contribution in [0.5, 0.6) is 0 Å². The van der Waals surface area contributed by atoms with Gasteiger partial charge in [-0.05, 0) is 38.2 Å². The van der Waals surface area contributed by atoms with Gasteiger partial charge >= 0.3 is 0 Å². The lowest BCUT2D eigenvalue weighted by molar-refractivity contribution is 0.0892. The molecular weight excluding hydrogens is 301 g/mol. The maximum atomic E-state index is 13.8. The smallest absolute Gasteiger partial charge is 0.170 e. The van der Waals surface area contributed by atoms with Gasteiger partial charge in [0.25, 0.3) is 0 Å². The molecule has 0 aromatic heterocycles. The first-order valence-corrected chi connectivity index (χ1v) is 7.05. The standard InChI is InChI=1S/C18H20FNO.ClH/c1-20(2)13-15(12-14-8-4-3-5-9-14)18(21)16-10-6-7-11-17(16)19;/h3-11,15H,12-13H2,1-2H3;1H/t15-;/m0./s1. The van der Waals surface area contributed by atoms with Gasteiger partial charge in [0.1, 0.15) is 5.82 Å². The molecule has 1 atom stereocenters. The van der Waals surface area contributed by atoms with Crippen LogP contribution in [-0.2, 0) is 6.42 Å². The number of nitrogens with zero attached hydrogens (tertiary/aromatic N) is 1. The van der Waals surface area contributed by atoms with Crippen molar-refractivity contribution in [3.63, 3.8) is 0 Å². The SMILES string of the molecule is CN(C)C[C@H](Cc1ccccc1)C(=O)c1ccccc1F.Cl. The lowest BCUT2D eigenvalue weighted by Crippen LogP contribution is -2.30. The van der Waals surface area contributed by atoms with E-state index in [2.05, 4.69) is 0 Å². The molecule has 0 saturated heterocycles. The van der Waals surface area contributed by atoms with Crippen LogP contribution in [-0.4, -0.2) is 31.3 Å². The Morgan fingerprint density at radius 3 is 2.23 bits per heavy atom. The van der Waals surface area contributed by atoms with Crippen LogP contribution in [0.25, 0.3) is 0 Å². The Kier molecular flexibility index (Phi) is 7.22. The van der Waals surface area contributed by atoms with Crippen LogP contribution in [0.15, 0.2) is 54.6 Å². The predicted octanol–water partition coefficient (Wildman–Crippen LogP) is 3.85. The number of Topliss-reactive ketones (excluding diaryl/α,β-unsaturated/α-hetero) is 1. The van der Waals surface area contributed by atoms with Crippen molar-refractivity contribution >= 4 is 18.2 Å². The van der Waals surface area contributed by atoms with Crippen LogP contribution in [0.3, 0.4) is 0 Å². The van der Waals surface area contributed by atoms with Crippen molar-refractivity contribution in [2.24, 2.45) is 5.92 Å². The van der Waals surface area contributed by atoms with Gasteiger partial charge in [0.15, 0.2) is 5.78 Å². The van der Waals surface area contributed by atoms with E-state index in [1.807, 2.05) is 49.3 Å². The van der Waals surface area contributed by atoms with Crippen LogP contribution < -0.4 is 0 Å². The first kappa shape index (κ1) is 18.3. The summed E-state index contributed by atoms with van der Waals surface area (Å²) in [4.78, 5) is 14.6. The summed E-state index contributed by atoms with van der Waals surface area (Å²) in [5, 5.41) is 0. The summed E-state index contributed by atoms with van der Waals surface area (Å²) in [5.74, 6) is -0.829. The third kappa shape index (κ3) is 4.93. The second-order valence-corrected chi connectivity index (χ2v) is 5.49. The Hall–Kier alpha value is -1.71. The minimum absolute atomic E-state index is 0. The van der Waals surface area contributed by atoms with E-state index in [1.165, 1.54) is 6.07 Å². The quantitative estimate of drug-likeness (QED) is 0.753. The lowest BCUT2D eigenvalue weighted by atomic mass is 9.90. The summed E-state index contributed by atoms with van der Waals surface area (Å²) < 4.78 is 13.8. The fourth-order valence-electron chi connectivity index (χ4n) is 2.46. The van der Waals surface area contributed by atoms with Gasteiger partial charge < -0.3 is 4.90 Å². The zero-order valence-electron chi connectivity index (χ0n) is 12.8. The van der Waals surface area contributed by atoms with Crippen LogP contribution in [0.2, 0.25) is 0 Å². The van der Waals surface area contributed by atoms with Gasteiger partial charge in [0, 0.05) is 12.5 Å². The van der Waals surface area contributed by atoms with Gasteiger partial charge in [0.05, 0.1) is 5.56 Å². The van der Waals surface area contributed by atoms with Crippen LogP contribution in [0.4, 0.5) is 4.39 Å². The summed E-state index contributed by atoms with van der Waals surface area (Å²) in [5.41, 5.74) is 1.27. The van der Waals surface area contributed by atoms with Crippen LogP contribution in [0, 0.1) is 11.7 Å². The monoisotopic (exact) mass is 321 g/mol. The van der Waals surface area contributed by atoms with E-state index >= 15 is 0 Å². The number of hydrogen-bond donors (Lipinski definition) is 0. The van der Waals surface area contributed by atoms with Crippen molar-refractivity contribution in [1.82, 2.24) is 4.90 Å². The topological polar surface area (TPSA) is 20.3 Å². The summed E-state index contributed by atoms with van der Waals surface area (Å²) in [6, 6.07) is 16.0. The van der Waals surface area contributed by atoms with E-state index < -0.39 is 5.82 Å². The summed E-state index contributed by atoms with van der Waals surface area (Å²) in [6.07, 6.45) is 0.617. The Balaban J connectivity index is 0.00000242. The summed E-state index contributed by atoms with van der Waals surface area (Å²) in [7, 11) is 3.85. The highest BCUT2D eigenvalue weighted by Crippen LogP contribution is 2.18. The highest BCUT2D eigenvalue weighted by molar-refractivity contribution is 5.98. The highest BCUT2D eigenvalue weighted by atomic mass is 35.5. The molecule has 0 radical (unpaired) electrons. The molecule has 2 rings (SSSR count). The molecule has 22 heavy (non-hydrogen) atoms. The molecule has 2 nitrogen and oxygen atoms in total. The molecule has 0 heterocycles. The molecule has 118 valence electrons. The molecule has 0 spiro atoms. The maximum Gasteiger partial charge on any atom is 0.170 e. The molecule has 0 amide bonds. The van der Waals surface area contributed by atoms with Crippen molar-refractivity contribution < 1.29 is 9.18 Å². The predicted molar refractivity (Wildman–Crippen MR) is 90.2 cm³/mol. The normalized spacial score (nSPS) is 11.8.